The largest absolute Gasteiger partial charge is 0.496 e. The van der Waals surface area contributed by atoms with Crippen molar-refractivity contribution in [2.24, 2.45) is 11.3 Å². The Labute approximate surface area is 132 Å². The van der Waals surface area contributed by atoms with E-state index in [9.17, 15) is 10.2 Å². The van der Waals surface area contributed by atoms with Gasteiger partial charge in [-0.1, -0.05) is 26.0 Å². The molecule has 0 bridgehead atoms. The van der Waals surface area contributed by atoms with Gasteiger partial charge in [0.2, 0.25) is 0 Å². The molecular formula is C19H26O3. The number of aliphatic hydroxyl groups is 2. The van der Waals surface area contributed by atoms with Gasteiger partial charge in [-0.25, -0.2) is 0 Å². The van der Waals surface area contributed by atoms with E-state index >= 15 is 0 Å². The third kappa shape index (κ3) is 2.27. The highest BCUT2D eigenvalue weighted by molar-refractivity contribution is 5.60. The van der Waals surface area contributed by atoms with Gasteiger partial charge < -0.3 is 14.9 Å². The van der Waals surface area contributed by atoms with Crippen LogP contribution in [-0.4, -0.2) is 29.0 Å². The topological polar surface area (TPSA) is 49.7 Å². The number of fused-ring (bicyclic) bond motifs is 2. The van der Waals surface area contributed by atoms with Crippen molar-refractivity contribution in [2.75, 3.05) is 7.11 Å². The third-order valence-electron chi connectivity index (χ3n) is 5.71. The van der Waals surface area contributed by atoms with Crippen LogP contribution in [0.5, 0.6) is 5.75 Å². The maximum atomic E-state index is 11.3. The Morgan fingerprint density at radius 2 is 2.00 bits per heavy atom. The lowest BCUT2D eigenvalue weighted by Crippen LogP contribution is -2.55. The molecule has 0 saturated heterocycles. The number of benzene rings is 1. The zero-order valence-electron chi connectivity index (χ0n) is 13.9. The second kappa shape index (κ2) is 5.10. The first-order valence-electron chi connectivity index (χ1n) is 8.04. The highest BCUT2D eigenvalue weighted by Crippen LogP contribution is 2.50. The van der Waals surface area contributed by atoms with Crippen LogP contribution in [0.3, 0.4) is 0 Å². The Morgan fingerprint density at radius 1 is 1.27 bits per heavy atom. The fraction of sp³-hybridized carbons (Fsp3) is 0.579. The second-order valence-corrected chi connectivity index (χ2v) is 7.51. The molecule has 1 saturated carbocycles. The molecule has 1 fully saturated rings. The van der Waals surface area contributed by atoms with Crippen LogP contribution in [0.4, 0.5) is 0 Å². The predicted octanol–water partition coefficient (Wildman–Crippen LogP) is 3.10. The molecule has 0 unspecified atom stereocenters. The molecular weight excluding hydrogens is 276 g/mol. The first kappa shape index (κ1) is 15.6. The molecule has 0 radical (unpaired) electrons. The number of methoxy groups -OCH3 is 1. The summed E-state index contributed by atoms with van der Waals surface area (Å²) >= 11 is 0. The van der Waals surface area contributed by atoms with Gasteiger partial charge in [-0.15, -0.1) is 0 Å². The molecule has 3 atom stereocenters. The third-order valence-corrected chi connectivity index (χ3v) is 5.71. The van der Waals surface area contributed by atoms with E-state index in [0.717, 1.165) is 22.4 Å². The van der Waals surface area contributed by atoms with Crippen LogP contribution in [-0.2, 0) is 6.42 Å². The predicted molar refractivity (Wildman–Crippen MR) is 87.9 cm³/mol. The van der Waals surface area contributed by atoms with E-state index in [1.165, 1.54) is 0 Å². The first-order chi connectivity index (χ1) is 10.3. The van der Waals surface area contributed by atoms with Crippen molar-refractivity contribution in [3.05, 3.63) is 34.9 Å². The molecule has 2 aliphatic carbocycles. The zero-order valence-corrected chi connectivity index (χ0v) is 13.9. The van der Waals surface area contributed by atoms with E-state index < -0.39 is 5.60 Å². The molecule has 0 spiro atoms. The fourth-order valence-corrected chi connectivity index (χ4v) is 4.25. The first-order valence-corrected chi connectivity index (χ1v) is 8.04. The molecule has 120 valence electrons. The van der Waals surface area contributed by atoms with Gasteiger partial charge in [0.1, 0.15) is 5.75 Å². The van der Waals surface area contributed by atoms with E-state index in [0.29, 0.717) is 19.3 Å². The monoisotopic (exact) mass is 302 g/mol. The van der Waals surface area contributed by atoms with Crippen LogP contribution in [0.15, 0.2) is 18.2 Å². The van der Waals surface area contributed by atoms with Gasteiger partial charge in [-0.2, -0.15) is 0 Å². The van der Waals surface area contributed by atoms with Crippen LogP contribution < -0.4 is 4.74 Å². The summed E-state index contributed by atoms with van der Waals surface area (Å²) in [6.07, 6.45) is 5.70. The van der Waals surface area contributed by atoms with Crippen molar-refractivity contribution in [3.8, 4) is 5.75 Å². The lowest BCUT2D eigenvalue weighted by atomic mass is 9.59. The van der Waals surface area contributed by atoms with Crippen LogP contribution >= 0.6 is 0 Å². The number of hydrogen-bond donors (Lipinski definition) is 2. The molecule has 0 aromatic heterocycles. The molecule has 1 aromatic rings. The molecule has 3 rings (SSSR count). The molecule has 0 amide bonds. The average Bonchev–Trinajstić information content (AvgIpc) is 2.59. The Kier molecular flexibility index (Phi) is 3.61. The van der Waals surface area contributed by atoms with Crippen molar-refractivity contribution >= 4 is 6.08 Å². The summed E-state index contributed by atoms with van der Waals surface area (Å²) in [7, 11) is 1.68. The number of rotatable bonds is 1. The van der Waals surface area contributed by atoms with Crippen LogP contribution in [0, 0.1) is 18.3 Å². The normalized spacial score (nSPS) is 32.8. The van der Waals surface area contributed by atoms with Crippen molar-refractivity contribution in [2.45, 2.75) is 51.7 Å². The minimum absolute atomic E-state index is 0.0533. The second-order valence-electron chi connectivity index (χ2n) is 7.51. The Hall–Kier alpha value is -1.32. The quantitative estimate of drug-likeness (QED) is 0.838. The van der Waals surface area contributed by atoms with Gasteiger partial charge in [0.15, 0.2) is 0 Å². The molecule has 3 nitrogen and oxygen atoms in total. The summed E-state index contributed by atoms with van der Waals surface area (Å²) in [6, 6.07) is 4.17. The Balaban J connectivity index is 2.08. The highest BCUT2D eigenvalue weighted by Gasteiger charge is 2.52. The van der Waals surface area contributed by atoms with Crippen molar-refractivity contribution in [3.63, 3.8) is 0 Å². The van der Waals surface area contributed by atoms with Gasteiger partial charge >= 0.3 is 0 Å². The van der Waals surface area contributed by atoms with Crippen molar-refractivity contribution in [1.29, 1.82) is 0 Å². The number of aliphatic hydroxyl groups excluding tert-OH is 1. The minimum atomic E-state index is -0.801. The highest BCUT2D eigenvalue weighted by atomic mass is 16.5. The maximum absolute atomic E-state index is 11.3. The van der Waals surface area contributed by atoms with Gasteiger partial charge in [-0.3, -0.25) is 0 Å². The van der Waals surface area contributed by atoms with Gasteiger partial charge in [0, 0.05) is 12.3 Å². The van der Waals surface area contributed by atoms with Gasteiger partial charge in [-0.05, 0) is 54.0 Å². The van der Waals surface area contributed by atoms with E-state index in [4.69, 9.17) is 4.74 Å². The van der Waals surface area contributed by atoms with Crippen LogP contribution in [0.25, 0.3) is 6.08 Å². The lowest BCUT2D eigenvalue weighted by Gasteiger charge is -2.50. The summed E-state index contributed by atoms with van der Waals surface area (Å²) in [5.74, 6) is 0.812. The fourth-order valence-electron chi connectivity index (χ4n) is 4.25. The molecule has 0 heterocycles. The van der Waals surface area contributed by atoms with Gasteiger partial charge in [0.05, 0.1) is 18.8 Å². The maximum Gasteiger partial charge on any atom is 0.122 e. The molecule has 0 aliphatic heterocycles. The number of aryl methyl sites for hydroxylation is 1. The van der Waals surface area contributed by atoms with Gasteiger partial charge in [0.25, 0.3) is 0 Å². The van der Waals surface area contributed by atoms with Crippen LogP contribution in [0.2, 0.25) is 0 Å². The van der Waals surface area contributed by atoms with E-state index in [2.05, 4.69) is 32.1 Å². The average molecular weight is 302 g/mol. The molecule has 22 heavy (non-hydrogen) atoms. The summed E-state index contributed by atoms with van der Waals surface area (Å²) < 4.78 is 5.43. The SMILES string of the molecule is COc1cc2c(cc1C)C=C[C@@H]1C(C)(C)[C@@H](O)CC[C@@]1(O)C2. The van der Waals surface area contributed by atoms with E-state index in [1.54, 1.807) is 7.11 Å². The van der Waals surface area contributed by atoms with Crippen molar-refractivity contribution in [1.82, 2.24) is 0 Å². The summed E-state index contributed by atoms with van der Waals surface area (Å²) in [5, 5.41) is 21.7. The summed E-state index contributed by atoms with van der Waals surface area (Å²) in [6.45, 7) is 6.14. The zero-order chi connectivity index (χ0) is 16.1. The lowest BCUT2D eigenvalue weighted by molar-refractivity contribution is -0.132. The Morgan fingerprint density at radius 3 is 2.68 bits per heavy atom. The smallest absolute Gasteiger partial charge is 0.122 e. The minimum Gasteiger partial charge on any atom is -0.496 e. The molecule has 2 N–H and O–H groups in total. The van der Waals surface area contributed by atoms with Crippen molar-refractivity contribution < 1.29 is 14.9 Å². The molecule has 1 aromatic carbocycles. The van der Waals surface area contributed by atoms with Crippen LogP contribution in [0.1, 0.15) is 43.4 Å². The van der Waals surface area contributed by atoms with E-state index in [-0.39, 0.29) is 17.4 Å². The summed E-state index contributed by atoms with van der Waals surface area (Å²) in [4.78, 5) is 0. The van der Waals surface area contributed by atoms with E-state index in [1.807, 2.05) is 13.0 Å². The molecule has 2 aliphatic rings. The number of hydrogen-bond acceptors (Lipinski definition) is 3. The molecule has 3 heteroatoms. The Bertz CT molecular complexity index is 617. The number of ether oxygens (including phenoxy) is 1. The summed E-state index contributed by atoms with van der Waals surface area (Å²) in [5.41, 5.74) is 2.24. The standard InChI is InChI=1S/C19H26O3/c1-12-9-13-5-6-16-18(2,3)17(20)7-8-19(16,21)11-14(13)10-15(12)22-4/h5-6,9-10,16-17,20-21H,7-8,11H2,1-4H3/t16-,17+,19-/m1/s1.